The van der Waals surface area contributed by atoms with Gasteiger partial charge in [-0.05, 0) is 63.4 Å². The second-order valence-electron chi connectivity index (χ2n) is 7.63. The molecule has 0 amide bonds. The van der Waals surface area contributed by atoms with Gasteiger partial charge >= 0.3 is 5.97 Å². The summed E-state index contributed by atoms with van der Waals surface area (Å²) in [6.45, 7) is 3.79. The SMILES string of the molecule is CCOC(=O)c1cc(C23CCC(COC4CCCCO4)(C2)C3)[nH]n1. The van der Waals surface area contributed by atoms with Gasteiger partial charge in [0, 0.05) is 17.7 Å². The van der Waals surface area contributed by atoms with Crippen molar-refractivity contribution in [2.75, 3.05) is 19.8 Å². The summed E-state index contributed by atoms with van der Waals surface area (Å²) >= 11 is 0. The highest BCUT2D eigenvalue weighted by molar-refractivity contribution is 5.87. The van der Waals surface area contributed by atoms with Crippen molar-refractivity contribution in [1.82, 2.24) is 10.2 Å². The van der Waals surface area contributed by atoms with Gasteiger partial charge in [0.1, 0.15) is 0 Å². The minimum absolute atomic E-state index is 0.00806. The Hall–Kier alpha value is -1.40. The van der Waals surface area contributed by atoms with Gasteiger partial charge in [-0.15, -0.1) is 0 Å². The largest absolute Gasteiger partial charge is 0.461 e. The van der Waals surface area contributed by atoms with Crippen molar-refractivity contribution >= 4 is 5.97 Å². The van der Waals surface area contributed by atoms with Crippen LogP contribution in [0.4, 0.5) is 0 Å². The molecule has 6 heteroatoms. The van der Waals surface area contributed by atoms with Gasteiger partial charge in [-0.2, -0.15) is 5.10 Å². The zero-order chi connectivity index (χ0) is 16.6. The van der Waals surface area contributed by atoms with Crippen molar-refractivity contribution in [1.29, 1.82) is 0 Å². The fourth-order valence-electron chi connectivity index (χ4n) is 4.76. The van der Waals surface area contributed by atoms with Crippen LogP contribution in [-0.2, 0) is 19.6 Å². The molecule has 6 nitrogen and oxygen atoms in total. The molecule has 0 radical (unpaired) electrons. The summed E-state index contributed by atoms with van der Waals surface area (Å²) in [7, 11) is 0. The van der Waals surface area contributed by atoms with E-state index in [1.165, 1.54) is 12.8 Å². The number of ether oxygens (including phenoxy) is 3. The van der Waals surface area contributed by atoms with Gasteiger partial charge in [-0.25, -0.2) is 4.79 Å². The van der Waals surface area contributed by atoms with Crippen molar-refractivity contribution in [3.8, 4) is 0 Å². The molecule has 1 N–H and O–H groups in total. The Morgan fingerprint density at radius 3 is 3.04 bits per heavy atom. The maximum Gasteiger partial charge on any atom is 0.358 e. The molecule has 2 bridgehead atoms. The van der Waals surface area contributed by atoms with Gasteiger partial charge in [0.05, 0.1) is 13.2 Å². The molecule has 24 heavy (non-hydrogen) atoms. The van der Waals surface area contributed by atoms with E-state index >= 15 is 0 Å². The number of esters is 1. The highest BCUT2D eigenvalue weighted by Gasteiger charge is 2.62. The molecule has 1 atom stereocenters. The number of aromatic amines is 1. The van der Waals surface area contributed by atoms with Crippen LogP contribution in [0.15, 0.2) is 6.07 Å². The summed E-state index contributed by atoms with van der Waals surface area (Å²) in [5.41, 5.74) is 1.90. The fourth-order valence-corrected chi connectivity index (χ4v) is 4.76. The molecule has 1 aromatic heterocycles. The number of carbonyl (C=O) groups excluding carboxylic acids is 1. The van der Waals surface area contributed by atoms with Crippen molar-refractivity contribution in [3.63, 3.8) is 0 Å². The lowest BCUT2D eigenvalue weighted by Gasteiger charge is -2.47. The van der Waals surface area contributed by atoms with Crippen molar-refractivity contribution in [2.45, 2.75) is 63.6 Å². The van der Waals surface area contributed by atoms with Crippen molar-refractivity contribution in [2.24, 2.45) is 5.41 Å². The second-order valence-corrected chi connectivity index (χ2v) is 7.63. The summed E-state index contributed by atoms with van der Waals surface area (Å²) in [4.78, 5) is 11.8. The van der Waals surface area contributed by atoms with Crippen LogP contribution < -0.4 is 0 Å². The zero-order valence-electron chi connectivity index (χ0n) is 14.3. The number of H-pyrrole nitrogens is 1. The number of hydrogen-bond donors (Lipinski definition) is 1. The molecule has 132 valence electrons. The summed E-state index contributed by atoms with van der Waals surface area (Å²) in [6, 6.07) is 1.87. The molecule has 0 aromatic carbocycles. The Labute approximate surface area is 142 Å². The van der Waals surface area contributed by atoms with Crippen molar-refractivity contribution < 1.29 is 19.0 Å². The molecule has 4 fully saturated rings. The summed E-state index contributed by atoms with van der Waals surface area (Å²) in [6.07, 6.45) is 7.88. The van der Waals surface area contributed by atoms with E-state index < -0.39 is 0 Å². The summed E-state index contributed by atoms with van der Waals surface area (Å²) in [5, 5.41) is 7.21. The summed E-state index contributed by atoms with van der Waals surface area (Å²) in [5.74, 6) is -0.349. The first kappa shape index (κ1) is 16.1. The molecule has 4 aliphatic rings. The van der Waals surface area contributed by atoms with E-state index in [2.05, 4.69) is 10.2 Å². The zero-order valence-corrected chi connectivity index (χ0v) is 14.3. The smallest absolute Gasteiger partial charge is 0.358 e. The molecule has 3 aliphatic carbocycles. The van der Waals surface area contributed by atoms with Crippen LogP contribution in [0, 0.1) is 5.41 Å². The standard InChI is InChI=1S/C18H26N2O4/c1-2-22-16(21)13-9-14(20-19-13)18-7-6-17(10-18,11-18)12-24-15-5-3-4-8-23-15/h9,15H,2-8,10-12H2,1H3,(H,19,20). The predicted octanol–water partition coefficient (Wildman–Crippen LogP) is 2.94. The highest BCUT2D eigenvalue weighted by Crippen LogP contribution is 2.67. The maximum atomic E-state index is 11.8. The third-order valence-corrected chi connectivity index (χ3v) is 5.91. The quantitative estimate of drug-likeness (QED) is 0.810. The number of nitrogens with zero attached hydrogens (tertiary/aromatic N) is 1. The van der Waals surface area contributed by atoms with E-state index in [0.29, 0.717) is 12.3 Å². The Kier molecular flexibility index (Phi) is 4.12. The minimum Gasteiger partial charge on any atom is -0.461 e. The number of aromatic nitrogens is 2. The topological polar surface area (TPSA) is 73.4 Å². The maximum absolute atomic E-state index is 11.8. The minimum atomic E-state index is -0.349. The van der Waals surface area contributed by atoms with Gasteiger partial charge in [0.2, 0.25) is 0 Å². The number of carbonyl (C=O) groups is 1. The van der Waals surface area contributed by atoms with Crippen molar-refractivity contribution in [3.05, 3.63) is 17.5 Å². The third kappa shape index (κ3) is 2.75. The molecular weight excluding hydrogens is 308 g/mol. The van der Waals surface area contributed by atoms with Crippen LogP contribution in [-0.4, -0.2) is 42.3 Å². The van der Waals surface area contributed by atoms with E-state index in [-0.39, 0.29) is 23.1 Å². The number of nitrogens with one attached hydrogen (secondary N) is 1. The molecular formula is C18H26N2O4. The first-order chi connectivity index (χ1) is 11.6. The average Bonchev–Trinajstić information content (AvgIpc) is 3.27. The molecule has 1 aliphatic heterocycles. The van der Waals surface area contributed by atoms with Crippen LogP contribution in [0.1, 0.15) is 68.1 Å². The van der Waals surface area contributed by atoms with Crippen LogP contribution in [0.25, 0.3) is 0 Å². The van der Waals surface area contributed by atoms with Crippen LogP contribution in [0.2, 0.25) is 0 Å². The number of fused-ring (bicyclic) bond motifs is 1. The normalized spacial score (nSPS) is 34.8. The fraction of sp³-hybridized carbons (Fsp3) is 0.778. The lowest BCUT2D eigenvalue weighted by molar-refractivity contribution is -0.186. The van der Waals surface area contributed by atoms with Gasteiger partial charge in [-0.3, -0.25) is 5.10 Å². The molecule has 3 saturated carbocycles. The Balaban J connectivity index is 1.35. The lowest BCUT2D eigenvalue weighted by Crippen LogP contribution is -2.44. The van der Waals surface area contributed by atoms with E-state index in [0.717, 1.165) is 51.0 Å². The predicted molar refractivity (Wildman–Crippen MR) is 86.7 cm³/mol. The van der Waals surface area contributed by atoms with Gasteiger partial charge in [0.15, 0.2) is 12.0 Å². The van der Waals surface area contributed by atoms with Gasteiger partial charge in [-0.1, -0.05) is 0 Å². The first-order valence-corrected chi connectivity index (χ1v) is 9.11. The monoisotopic (exact) mass is 334 g/mol. The van der Waals surface area contributed by atoms with Crippen LogP contribution in [0.5, 0.6) is 0 Å². The van der Waals surface area contributed by atoms with Crippen LogP contribution >= 0.6 is 0 Å². The number of hydrogen-bond acceptors (Lipinski definition) is 5. The number of rotatable bonds is 6. The van der Waals surface area contributed by atoms with E-state index in [1.54, 1.807) is 6.92 Å². The third-order valence-electron chi connectivity index (χ3n) is 5.91. The highest BCUT2D eigenvalue weighted by atomic mass is 16.7. The Morgan fingerprint density at radius 1 is 1.42 bits per heavy atom. The first-order valence-electron chi connectivity index (χ1n) is 9.11. The molecule has 1 unspecified atom stereocenters. The van der Waals surface area contributed by atoms with E-state index in [9.17, 15) is 4.79 Å². The van der Waals surface area contributed by atoms with Gasteiger partial charge < -0.3 is 14.2 Å². The Morgan fingerprint density at radius 2 is 2.29 bits per heavy atom. The lowest BCUT2D eigenvalue weighted by atomic mass is 9.59. The molecule has 0 spiro atoms. The second kappa shape index (κ2) is 6.15. The summed E-state index contributed by atoms with van der Waals surface area (Å²) < 4.78 is 16.7. The molecule has 1 aromatic rings. The Bertz CT molecular complexity index is 600. The molecule has 5 rings (SSSR count). The molecule has 2 heterocycles. The van der Waals surface area contributed by atoms with E-state index in [4.69, 9.17) is 14.2 Å². The van der Waals surface area contributed by atoms with Gasteiger partial charge in [0.25, 0.3) is 0 Å². The average molecular weight is 334 g/mol. The van der Waals surface area contributed by atoms with Crippen LogP contribution in [0.3, 0.4) is 0 Å². The van der Waals surface area contributed by atoms with E-state index in [1.807, 2.05) is 6.07 Å². The molecule has 1 saturated heterocycles.